The second kappa shape index (κ2) is 7.19. The van der Waals surface area contributed by atoms with Gasteiger partial charge in [0.2, 0.25) is 10.0 Å². The largest absolute Gasteiger partial charge is 0.478 e. The van der Waals surface area contributed by atoms with E-state index in [0.29, 0.717) is 11.0 Å². The number of hydrogen-bond donors (Lipinski definition) is 1. The van der Waals surface area contributed by atoms with Crippen molar-refractivity contribution in [2.24, 2.45) is 0 Å². The predicted octanol–water partition coefficient (Wildman–Crippen LogP) is 2.96. The Labute approximate surface area is 127 Å². The molecular weight excluding hydrogens is 346 g/mol. The van der Waals surface area contributed by atoms with Crippen molar-refractivity contribution < 1.29 is 18.3 Å². The molecule has 0 aliphatic heterocycles. The number of aromatic carboxylic acids is 1. The highest BCUT2D eigenvalue weighted by atomic mass is 79.9. The van der Waals surface area contributed by atoms with Crippen LogP contribution in [-0.4, -0.2) is 37.4 Å². The molecule has 1 aromatic rings. The van der Waals surface area contributed by atoms with Crippen molar-refractivity contribution >= 4 is 31.9 Å². The lowest BCUT2D eigenvalue weighted by molar-refractivity contribution is 0.0695. The fourth-order valence-corrected chi connectivity index (χ4v) is 3.37. The standard InChI is InChI=1S/C13H18BrNO4S/c1-3-4-5-8-15(2)20(18,19)10-6-7-12(14)11(9-10)13(16)17/h6-7,9H,3-5,8H2,1-2H3,(H,16,17). The van der Waals surface area contributed by atoms with Gasteiger partial charge in [-0.2, -0.15) is 0 Å². The van der Waals surface area contributed by atoms with Crippen molar-refractivity contribution in [2.45, 2.75) is 31.1 Å². The van der Waals surface area contributed by atoms with E-state index in [1.165, 1.54) is 29.6 Å². The van der Waals surface area contributed by atoms with E-state index in [2.05, 4.69) is 15.9 Å². The Morgan fingerprint density at radius 3 is 2.55 bits per heavy atom. The molecule has 0 aliphatic carbocycles. The molecule has 0 aromatic heterocycles. The lowest BCUT2D eigenvalue weighted by atomic mass is 10.2. The van der Waals surface area contributed by atoms with Crippen LogP contribution in [0.15, 0.2) is 27.6 Å². The summed E-state index contributed by atoms with van der Waals surface area (Å²) in [6.45, 7) is 2.47. The summed E-state index contributed by atoms with van der Waals surface area (Å²) in [5.74, 6) is -1.16. The molecule has 1 rings (SSSR count). The van der Waals surface area contributed by atoms with Crippen LogP contribution in [0.5, 0.6) is 0 Å². The quantitative estimate of drug-likeness (QED) is 0.755. The third-order valence-electron chi connectivity index (χ3n) is 2.95. The van der Waals surface area contributed by atoms with Crippen LogP contribution in [-0.2, 0) is 10.0 Å². The van der Waals surface area contributed by atoms with E-state index in [0.717, 1.165) is 19.3 Å². The second-order valence-corrected chi connectivity index (χ2v) is 7.38. The lowest BCUT2D eigenvalue weighted by Gasteiger charge is -2.17. The van der Waals surface area contributed by atoms with E-state index >= 15 is 0 Å². The van der Waals surface area contributed by atoms with Crippen molar-refractivity contribution in [3.8, 4) is 0 Å². The first kappa shape index (κ1) is 17.1. The van der Waals surface area contributed by atoms with Crippen LogP contribution >= 0.6 is 15.9 Å². The first-order valence-electron chi connectivity index (χ1n) is 6.30. The molecule has 0 atom stereocenters. The Morgan fingerprint density at radius 1 is 1.35 bits per heavy atom. The molecule has 112 valence electrons. The topological polar surface area (TPSA) is 74.7 Å². The Hall–Kier alpha value is -0.920. The number of unbranched alkanes of at least 4 members (excludes halogenated alkanes) is 2. The molecule has 7 heteroatoms. The normalized spacial score (nSPS) is 11.8. The van der Waals surface area contributed by atoms with Gasteiger partial charge in [-0.15, -0.1) is 0 Å². The zero-order valence-electron chi connectivity index (χ0n) is 11.5. The number of carboxylic acids is 1. The summed E-state index contributed by atoms with van der Waals surface area (Å²) in [5.41, 5.74) is -0.0620. The fourth-order valence-electron chi connectivity index (χ4n) is 1.71. The van der Waals surface area contributed by atoms with E-state index in [-0.39, 0.29) is 10.5 Å². The molecule has 5 nitrogen and oxygen atoms in total. The highest BCUT2D eigenvalue weighted by Gasteiger charge is 2.22. The van der Waals surface area contributed by atoms with Gasteiger partial charge in [0.25, 0.3) is 0 Å². The highest BCUT2D eigenvalue weighted by Crippen LogP contribution is 2.23. The second-order valence-electron chi connectivity index (χ2n) is 4.48. The van der Waals surface area contributed by atoms with Gasteiger partial charge in [0.1, 0.15) is 0 Å². The third-order valence-corrected chi connectivity index (χ3v) is 5.50. The minimum atomic E-state index is -3.64. The van der Waals surface area contributed by atoms with Crippen molar-refractivity contribution in [1.29, 1.82) is 0 Å². The molecule has 20 heavy (non-hydrogen) atoms. The summed E-state index contributed by atoms with van der Waals surface area (Å²) >= 11 is 3.10. The maximum atomic E-state index is 12.3. The molecule has 0 bridgehead atoms. The molecular formula is C13H18BrNO4S. The zero-order chi connectivity index (χ0) is 15.3. The van der Waals surface area contributed by atoms with Gasteiger partial charge in [-0.05, 0) is 40.5 Å². The van der Waals surface area contributed by atoms with Gasteiger partial charge in [-0.25, -0.2) is 17.5 Å². The molecule has 0 radical (unpaired) electrons. The SMILES string of the molecule is CCCCCN(C)S(=O)(=O)c1ccc(Br)c(C(=O)O)c1. The van der Waals surface area contributed by atoms with Crippen molar-refractivity contribution in [1.82, 2.24) is 4.31 Å². The van der Waals surface area contributed by atoms with Crippen LogP contribution in [0.4, 0.5) is 0 Å². The van der Waals surface area contributed by atoms with Gasteiger partial charge in [0, 0.05) is 18.1 Å². The number of carboxylic acid groups (broad SMARTS) is 1. The van der Waals surface area contributed by atoms with Crippen molar-refractivity contribution in [2.75, 3.05) is 13.6 Å². The number of hydrogen-bond acceptors (Lipinski definition) is 3. The molecule has 0 spiro atoms. The molecule has 0 saturated carbocycles. The van der Waals surface area contributed by atoms with Gasteiger partial charge in [0.15, 0.2) is 0 Å². The maximum Gasteiger partial charge on any atom is 0.336 e. The van der Waals surface area contributed by atoms with Crippen LogP contribution in [0.25, 0.3) is 0 Å². The molecule has 0 heterocycles. The number of sulfonamides is 1. The first-order valence-corrected chi connectivity index (χ1v) is 8.53. The van der Waals surface area contributed by atoms with Crippen LogP contribution in [0.2, 0.25) is 0 Å². The Kier molecular flexibility index (Phi) is 6.16. The van der Waals surface area contributed by atoms with Gasteiger partial charge in [-0.1, -0.05) is 19.8 Å². The summed E-state index contributed by atoms with van der Waals surface area (Å²) in [5, 5.41) is 9.03. The zero-order valence-corrected chi connectivity index (χ0v) is 13.9. The summed E-state index contributed by atoms with van der Waals surface area (Å²) in [4.78, 5) is 11.0. The smallest absolute Gasteiger partial charge is 0.336 e. The van der Waals surface area contributed by atoms with E-state index in [9.17, 15) is 13.2 Å². The van der Waals surface area contributed by atoms with E-state index in [4.69, 9.17) is 5.11 Å². The Balaban J connectivity index is 3.03. The van der Waals surface area contributed by atoms with E-state index < -0.39 is 16.0 Å². The number of rotatable bonds is 7. The van der Waals surface area contributed by atoms with E-state index in [1.54, 1.807) is 0 Å². The van der Waals surface area contributed by atoms with Crippen molar-refractivity contribution in [3.05, 3.63) is 28.2 Å². The number of carbonyl (C=O) groups is 1. The fraction of sp³-hybridized carbons (Fsp3) is 0.462. The minimum absolute atomic E-state index is 0.00269. The molecule has 0 fully saturated rings. The molecule has 0 aliphatic rings. The number of benzene rings is 1. The number of nitrogens with zero attached hydrogens (tertiary/aromatic N) is 1. The average molecular weight is 364 g/mol. The average Bonchev–Trinajstić information content (AvgIpc) is 2.38. The highest BCUT2D eigenvalue weighted by molar-refractivity contribution is 9.10. The number of halogens is 1. The third kappa shape index (κ3) is 4.04. The monoisotopic (exact) mass is 363 g/mol. The minimum Gasteiger partial charge on any atom is -0.478 e. The van der Waals surface area contributed by atoms with Crippen LogP contribution in [0.1, 0.15) is 36.5 Å². The summed E-state index contributed by atoms with van der Waals surface area (Å²) in [7, 11) is -2.14. The summed E-state index contributed by atoms with van der Waals surface area (Å²) in [6, 6.07) is 4.02. The van der Waals surface area contributed by atoms with Gasteiger partial charge < -0.3 is 5.11 Å². The maximum absolute atomic E-state index is 12.3. The van der Waals surface area contributed by atoms with E-state index in [1.807, 2.05) is 6.92 Å². The van der Waals surface area contributed by atoms with Crippen LogP contribution in [0, 0.1) is 0 Å². The van der Waals surface area contributed by atoms with Crippen molar-refractivity contribution in [3.63, 3.8) is 0 Å². The Morgan fingerprint density at radius 2 is 2.00 bits per heavy atom. The molecule has 1 N–H and O–H groups in total. The van der Waals surface area contributed by atoms with Gasteiger partial charge in [0.05, 0.1) is 10.5 Å². The van der Waals surface area contributed by atoms with Crippen LogP contribution in [0.3, 0.4) is 0 Å². The Bertz CT molecular complexity index is 586. The predicted molar refractivity (Wildman–Crippen MR) is 80.4 cm³/mol. The first-order chi connectivity index (χ1) is 9.30. The summed E-state index contributed by atoms with van der Waals surface area (Å²) in [6.07, 6.45) is 2.75. The molecule has 0 saturated heterocycles. The lowest BCUT2D eigenvalue weighted by Crippen LogP contribution is -2.28. The molecule has 1 aromatic carbocycles. The van der Waals surface area contributed by atoms with Crippen LogP contribution < -0.4 is 0 Å². The molecule has 0 amide bonds. The van der Waals surface area contributed by atoms with Gasteiger partial charge in [-0.3, -0.25) is 0 Å². The van der Waals surface area contributed by atoms with Gasteiger partial charge >= 0.3 is 5.97 Å². The molecule has 0 unspecified atom stereocenters. The summed E-state index contributed by atoms with van der Waals surface area (Å²) < 4.78 is 26.3.